The standard InChI is InChI=1S/C31H44FN3O5S/c1-6-8-22(18-24(9-7-2)33-30(38)40-31(3,4)5)19-34-14-10-23(11-15-34)29(37)35-16-12-25(13-17-35)39-28-26(32)21-41-27(28)20-36/h6,8-9,18,20-21,23,25H,7,10-17,19H2,1-5H3,(H,33,38)/b8-6-,22-18+,24-9-. The quantitative estimate of drug-likeness (QED) is 0.262. The fraction of sp³-hybridized carbons (Fsp3) is 0.581. The van der Waals surface area contributed by atoms with E-state index < -0.39 is 17.5 Å². The number of likely N-dealkylation sites (tertiary alicyclic amines) is 2. The number of amides is 2. The summed E-state index contributed by atoms with van der Waals surface area (Å²) in [6, 6.07) is 0. The summed E-state index contributed by atoms with van der Waals surface area (Å²) in [5, 5.41) is 4.14. The average molecular weight is 590 g/mol. The lowest BCUT2D eigenvalue weighted by molar-refractivity contribution is -0.138. The molecule has 0 atom stereocenters. The Hall–Kier alpha value is -2.98. The zero-order valence-corrected chi connectivity index (χ0v) is 25.7. The fourth-order valence-corrected chi connectivity index (χ4v) is 5.74. The Balaban J connectivity index is 1.50. The molecule has 10 heteroatoms. The zero-order chi connectivity index (χ0) is 30.0. The van der Waals surface area contributed by atoms with Crippen molar-refractivity contribution in [3.8, 4) is 5.75 Å². The summed E-state index contributed by atoms with van der Waals surface area (Å²) in [5.74, 6) is -0.311. The van der Waals surface area contributed by atoms with E-state index >= 15 is 0 Å². The van der Waals surface area contributed by atoms with Gasteiger partial charge in [-0.25, -0.2) is 9.18 Å². The maximum absolute atomic E-state index is 14.0. The van der Waals surface area contributed by atoms with E-state index in [1.165, 1.54) is 5.38 Å². The van der Waals surface area contributed by atoms with Crippen molar-refractivity contribution < 1.29 is 28.2 Å². The van der Waals surface area contributed by atoms with Crippen molar-refractivity contribution in [2.75, 3.05) is 32.7 Å². The third-order valence-corrected chi connectivity index (χ3v) is 7.87. The number of carbonyl (C=O) groups is 3. The van der Waals surface area contributed by atoms with Crippen LogP contribution in [0.15, 0.2) is 41.0 Å². The molecule has 0 spiro atoms. The summed E-state index contributed by atoms with van der Waals surface area (Å²) in [5.41, 5.74) is 1.19. The number of alkyl carbamates (subject to hydrolysis) is 1. The van der Waals surface area contributed by atoms with Crippen LogP contribution in [0.3, 0.4) is 0 Å². The maximum atomic E-state index is 14.0. The second-order valence-electron chi connectivity index (χ2n) is 11.5. The van der Waals surface area contributed by atoms with Crippen molar-refractivity contribution >= 4 is 29.6 Å². The Labute approximate surface area is 247 Å². The van der Waals surface area contributed by atoms with Gasteiger partial charge in [0, 0.05) is 49.5 Å². The zero-order valence-electron chi connectivity index (χ0n) is 24.9. The van der Waals surface area contributed by atoms with Crippen LogP contribution in [0, 0.1) is 11.7 Å². The van der Waals surface area contributed by atoms with Gasteiger partial charge in [-0.15, -0.1) is 11.3 Å². The second kappa shape index (κ2) is 15.3. The van der Waals surface area contributed by atoms with Crippen molar-refractivity contribution in [1.82, 2.24) is 15.1 Å². The van der Waals surface area contributed by atoms with E-state index in [0.717, 1.165) is 49.3 Å². The van der Waals surface area contributed by atoms with E-state index in [-0.39, 0.29) is 28.6 Å². The number of halogens is 1. The van der Waals surface area contributed by atoms with Crippen LogP contribution in [0.1, 0.15) is 76.4 Å². The van der Waals surface area contributed by atoms with Gasteiger partial charge in [-0.3, -0.25) is 19.8 Å². The van der Waals surface area contributed by atoms with Crippen molar-refractivity contribution in [3.05, 3.63) is 51.6 Å². The number of nitrogens with one attached hydrogen (secondary N) is 1. The minimum absolute atomic E-state index is 0.0155. The molecule has 3 rings (SSSR count). The van der Waals surface area contributed by atoms with Gasteiger partial charge in [0.1, 0.15) is 16.6 Å². The third kappa shape index (κ3) is 10.1. The molecule has 2 aliphatic rings. The molecule has 0 unspecified atom stereocenters. The lowest BCUT2D eigenvalue weighted by atomic mass is 9.93. The number of nitrogens with zero attached hydrogens (tertiary/aromatic N) is 2. The summed E-state index contributed by atoms with van der Waals surface area (Å²) in [6.07, 6.45) is 11.5. The molecule has 0 aliphatic carbocycles. The van der Waals surface area contributed by atoms with E-state index in [0.29, 0.717) is 44.5 Å². The molecule has 1 N–H and O–H groups in total. The smallest absolute Gasteiger partial charge is 0.412 e. The molecule has 1 aromatic rings. The highest BCUT2D eigenvalue weighted by atomic mass is 32.1. The van der Waals surface area contributed by atoms with Crippen LogP contribution in [0.4, 0.5) is 9.18 Å². The SMILES string of the molecule is C\C=C/C(=C\C(=C\CC)NC(=O)OC(C)(C)C)CN1CCC(C(=O)N2CCC(Oc3c(F)csc3C=O)CC2)CC1. The normalized spacial score (nSPS) is 18.5. The lowest BCUT2D eigenvalue weighted by Crippen LogP contribution is -2.47. The van der Waals surface area contributed by atoms with E-state index in [9.17, 15) is 18.8 Å². The highest BCUT2D eigenvalue weighted by Gasteiger charge is 2.32. The highest BCUT2D eigenvalue weighted by Crippen LogP contribution is 2.31. The highest BCUT2D eigenvalue weighted by molar-refractivity contribution is 7.12. The molecule has 41 heavy (non-hydrogen) atoms. The van der Waals surface area contributed by atoms with Gasteiger partial charge in [0.15, 0.2) is 17.9 Å². The number of allylic oxidation sites excluding steroid dienone is 3. The Kier molecular flexibility index (Phi) is 12.1. The van der Waals surface area contributed by atoms with Gasteiger partial charge in [0.2, 0.25) is 5.91 Å². The molecular formula is C31H44FN3O5S. The van der Waals surface area contributed by atoms with Crippen LogP contribution in [-0.4, -0.2) is 72.5 Å². The van der Waals surface area contributed by atoms with Gasteiger partial charge in [0.25, 0.3) is 0 Å². The molecule has 2 saturated heterocycles. The van der Waals surface area contributed by atoms with E-state index in [1.54, 1.807) is 0 Å². The molecule has 0 aromatic carbocycles. The topological polar surface area (TPSA) is 88.2 Å². The first kappa shape index (κ1) is 32.5. The van der Waals surface area contributed by atoms with Crippen LogP contribution in [0.25, 0.3) is 0 Å². The van der Waals surface area contributed by atoms with Gasteiger partial charge in [-0.1, -0.05) is 25.2 Å². The van der Waals surface area contributed by atoms with Crippen molar-refractivity contribution in [3.63, 3.8) is 0 Å². The van der Waals surface area contributed by atoms with Crippen molar-refractivity contribution in [2.45, 2.75) is 78.4 Å². The molecule has 2 amide bonds. The number of hydrogen-bond donors (Lipinski definition) is 1. The first-order chi connectivity index (χ1) is 19.5. The Morgan fingerprint density at radius 1 is 1.15 bits per heavy atom. The van der Waals surface area contributed by atoms with Gasteiger partial charge in [-0.2, -0.15) is 0 Å². The Morgan fingerprint density at radius 2 is 1.83 bits per heavy atom. The molecule has 226 valence electrons. The number of thiophene rings is 1. The molecule has 0 saturated carbocycles. The predicted octanol–water partition coefficient (Wildman–Crippen LogP) is 6.10. The molecule has 0 bridgehead atoms. The minimum atomic E-state index is -0.576. The molecule has 8 nitrogen and oxygen atoms in total. The Bertz CT molecular complexity index is 1140. The van der Waals surface area contributed by atoms with Crippen LogP contribution >= 0.6 is 11.3 Å². The van der Waals surface area contributed by atoms with E-state index in [4.69, 9.17) is 9.47 Å². The van der Waals surface area contributed by atoms with Crippen LogP contribution in [-0.2, 0) is 9.53 Å². The summed E-state index contributed by atoms with van der Waals surface area (Å²) in [7, 11) is 0. The molecule has 0 radical (unpaired) electrons. The molecule has 1 aromatic heterocycles. The largest absolute Gasteiger partial charge is 0.486 e. The van der Waals surface area contributed by atoms with Crippen LogP contribution in [0.5, 0.6) is 5.75 Å². The molecule has 3 heterocycles. The van der Waals surface area contributed by atoms with Gasteiger partial charge in [-0.05, 0) is 71.7 Å². The maximum Gasteiger partial charge on any atom is 0.412 e. The first-order valence-electron chi connectivity index (χ1n) is 14.5. The number of hydrogen-bond acceptors (Lipinski definition) is 7. The Morgan fingerprint density at radius 3 is 2.41 bits per heavy atom. The second-order valence-corrected chi connectivity index (χ2v) is 12.4. The van der Waals surface area contributed by atoms with Crippen molar-refractivity contribution in [2.24, 2.45) is 5.92 Å². The summed E-state index contributed by atoms with van der Waals surface area (Å²) in [4.78, 5) is 41.2. The first-order valence-corrected chi connectivity index (χ1v) is 15.3. The fourth-order valence-electron chi connectivity index (χ4n) is 5.10. The molecular weight excluding hydrogens is 545 g/mol. The summed E-state index contributed by atoms with van der Waals surface area (Å²) in [6.45, 7) is 13.0. The number of piperidine rings is 2. The third-order valence-electron chi connectivity index (χ3n) is 7.01. The van der Waals surface area contributed by atoms with Gasteiger partial charge in [0.05, 0.1) is 0 Å². The van der Waals surface area contributed by atoms with Gasteiger partial charge >= 0.3 is 6.09 Å². The number of aldehydes is 1. The molecule has 2 fully saturated rings. The number of rotatable bonds is 10. The lowest BCUT2D eigenvalue weighted by Gasteiger charge is -2.37. The minimum Gasteiger partial charge on any atom is -0.486 e. The van der Waals surface area contributed by atoms with Gasteiger partial charge < -0.3 is 14.4 Å². The average Bonchev–Trinajstić information content (AvgIpc) is 3.27. The predicted molar refractivity (Wildman–Crippen MR) is 160 cm³/mol. The molecule has 2 aliphatic heterocycles. The summed E-state index contributed by atoms with van der Waals surface area (Å²) >= 11 is 1.04. The van der Waals surface area contributed by atoms with Crippen molar-refractivity contribution in [1.29, 1.82) is 0 Å². The number of ether oxygens (including phenoxy) is 2. The van der Waals surface area contributed by atoms with Crippen LogP contribution in [0.2, 0.25) is 0 Å². The monoisotopic (exact) mass is 589 g/mol. The van der Waals surface area contributed by atoms with E-state index in [2.05, 4.69) is 10.2 Å². The summed E-state index contributed by atoms with van der Waals surface area (Å²) < 4.78 is 25.2. The van der Waals surface area contributed by atoms with E-state index in [1.807, 2.05) is 63.8 Å². The van der Waals surface area contributed by atoms with Crippen LogP contribution < -0.4 is 10.1 Å². The number of carbonyl (C=O) groups excluding carboxylic acids is 3.